The Balaban J connectivity index is 0.876. The van der Waals surface area contributed by atoms with Crippen LogP contribution in [0, 0.1) is 17.2 Å². The van der Waals surface area contributed by atoms with Crippen molar-refractivity contribution in [2.24, 2.45) is 13.0 Å². The number of aryl methyl sites for hydroxylation is 1. The largest absolute Gasteiger partial charge is 0.331 e. The van der Waals surface area contributed by atoms with E-state index in [1.54, 1.807) is 17.8 Å². The highest BCUT2D eigenvalue weighted by Crippen LogP contribution is 2.40. The Hall–Kier alpha value is -4.49. The molecule has 2 N–H and O–H groups in total. The standard InChI is InChI=1S/C41H51ClN10O4S/c1-24-21-49(17-7-8-26-11-13-27(14-12-26)52-40(57)51(39(56)41(52,3)4)28-18-31(42)33(19-43)44-20-28)22-25(2)50(24)23-35(54)45-32-10-6-9-29-36(47-48(5)37(29)32)30-15-16-34(53)46-38(30)55/h6,9-10,18,20,24-27,30H,7-8,11-17,21-23H2,1-5H3,(H,45,54)(H,46,53,55)/t24-,25+,26-,27-,30?. The number of nitrogens with one attached hydrogen (secondary N) is 2. The number of pyridine rings is 1. The first-order chi connectivity index (χ1) is 27.2. The number of imide groups is 1. The lowest BCUT2D eigenvalue weighted by Crippen LogP contribution is -2.58. The van der Waals surface area contributed by atoms with Gasteiger partial charge in [-0.2, -0.15) is 10.4 Å². The minimum absolute atomic E-state index is 0.0974. The molecule has 4 fully saturated rings. The zero-order valence-corrected chi connectivity index (χ0v) is 34.8. The molecule has 4 amide bonds. The van der Waals surface area contributed by atoms with E-state index >= 15 is 0 Å². The lowest BCUT2D eigenvalue weighted by Gasteiger charge is -2.44. The number of aromatic nitrogens is 3. The van der Waals surface area contributed by atoms with E-state index in [2.05, 4.69) is 49.3 Å². The third-order valence-electron chi connectivity index (χ3n) is 12.4. The molecule has 3 atom stereocenters. The minimum atomic E-state index is -0.804. The van der Waals surface area contributed by atoms with Gasteiger partial charge in [0.1, 0.15) is 11.6 Å². The van der Waals surface area contributed by atoms with Gasteiger partial charge < -0.3 is 15.1 Å². The average Bonchev–Trinajstić information content (AvgIpc) is 3.58. The summed E-state index contributed by atoms with van der Waals surface area (Å²) < 4.78 is 1.70. The molecule has 0 radical (unpaired) electrons. The SMILES string of the molecule is C[C@@H]1CN(CCC[C@H]2CC[C@H](N3C(=S)N(c4cnc(C#N)c(Cl)c4)C(=O)C3(C)C)CC2)C[C@H](C)N1CC(=O)Nc1cccc2c(C3CCC(=O)NC3=O)nn(C)c12. The number of piperidine rings is 1. The summed E-state index contributed by atoms with van der Waals surface area (Å²) in [5.74, 6) is -0.710. The highest BCUT2D eigenvalue weighted by molar-refractivity contribution is 7.80. The summed E-state index contributed by atoms with van der Waals surface area (Å²) in [6.45, 7) is 11.3. The van der Waals surface area contributed by atoms with Crippen LogP contribution in [0.25, 0.3) is 10.9 Å². The van der Waals surface area contributed by atoms with E-state index in [1.807, 2.05) is 38.1 Å². The first-order valence-electron chi connectivity index (χ1n) is 20.0. The van der Waals surface area contributed by atoms with Crippen molar-refractivity contribution in [3.63, 3.8) is 0 Å². The molecule has 57 heavy (non-hydrogen) atoms. The molecule has 1 aromatic carbocycles. The number of thiocarbonyl (C=S) groups is 1. The summed E-state index contributed by atoms with van der Waals surface area (Å²) >= 11 is 12.2. The lowest BCUT2D eigenvalue weighted by atomic mass is 9.82. The van der Waals surface area contributed by atoms with Crippen LogP contribution in [0.1, 0.15) is 96.4 Å². The van der Waals surface area contributed by atoms with E-state index in [0.29, 0.717) is 34.5 Å². The van der Waals surface area contributed by atoms with Crippen molar-refractivity contribution in [2.45, 2.75) is 109 Å². The number of piperazine rings is 1. The van der Waals surface area contributed by atoms with Gasteiger partial charge in [0, 0.05) is 50.1 Å². The molecule has 0 spiro atoms. The Morgan fingerprint density at radius 1 is 1.11 bits per heavy atom. The van der Waals surface area contributed by atoms with Crippen molar-refractivity contribution in [1.29, 1.82) is 5.26 Å². The van der Waals surface area contributed by atoms with E-state index in [0.717, 1.165) is 69.1 Å². The van der Waals surface area contributed by atoms with Crippen molar-refractivity contribution in [3.05, 3.63) is 46.9 Å². The summed E-state index contributed by atoms with van der Waals surface area (Å²) in [6, 6.07) is 9.74. The third kappa shape index (κ3) is 8.02. The van der Waals surface area contributed by atoms with E-state index in [9.17, 15) is 24.4 Å². The Labute approximate surface area is 343 Å². The maximum atomic E-state index is 13.6. The van der Waals surface area contributed by atoms with Gasteiger partial charge in [0.15, 0.2) is 10.8 Å². The number of carbonyl (C=O) groups is 4. The zero-order valence-electron chi connectivity index (χ0n) is 33.3. The van der Waals surface area contributed by atoms with Gasteiger partial charge in [-0.3, -0.25) is 39.0 Å². The van der Waals surface area contributed by atoms with E-state index in [4.69, 9.17) is 23.8 Å². The van der Waals surface area contributed by atoms with E-state index in [1.165, 1.54) is 11.1 Å². The molecule has 1 unspecified atom stereocenters. The second-order valence-corrected chi connectivity index (χ2v) is 17.5. The predicted octanol–water partition coefficient (Wildman–Crippen LogP) is 5.10. The molecule has 2 aromatic heterocycles. The van der Waals surface area contributed by atoms with Gasteiger partial charge in [-0.1, -0.05) is 23.7 Å². The molecular formula is C41H51ClN10O4S. The number of para-hydroxylation sites is 1. The number of nitriles is 1. The number of rotatable bonds is 10. The molecule has 4 aliphatic rings. The van der Waals surface area contributed by atoms with Gasteiger partial charge in [-0.25, -0.2) is 4.98 Å². The highest BCUT2D eigenvalue weighted by atomic mass is 35.5. The molecular weight excluding hydrogens is 764 g/mol. The maximum Gasteiger partial charge on any atom is 0.258 e. The molecule has 3 saturated heterocycles. The molecule has 1 aliphatic carbocycles. The number of anilines is 2. The molecule has 14 nitrogen and oxygen atoms in total. The Morgan fingerprint density at radius 2 is 1.82 bits per heavy atom. The van der Waals surface area contributed by atoms with Crippen LogP contribution in [-0.2, 0) is 26.2 Å². The number of hydrogen-bond donors (Lipinski definition) is 2. The fourth-order valence-corrected chi connectivity index (χ4v) is 10.3. The molecule has 16 heteroatoms. The fraction of sp³-hybridized carbons (Fsp3) is 0.561. The first kappa shape index (κ1) is 40.7. The van der Waals surface area contributed by atoms with Crippen LogP contribution in [0.2, 0.25) is 5.02 Å². The van der Waals surface area contributed by atoms with Gasteiger partial charge in [0.25, 0.3) is 5.91 Å². The molecule has 302 valence electrons. The van der Waals surface area contributed by atoms with Crippen LogP contribution in [-0.4, -0.2) is 108 Å². The quantitative estimate of drug-likeness (QED) is 0.207. The summed E-state index contributed by atoms with van der Waals surface area (Å²) in [6.07, 6.45) is 8.52. The molecule has 0 bridgehead atoms. The van der Waals surface area contributed by atoms with Gasteiger partial charge in [-0.15, -0.1) is 0 Å². The van der Waals surface area contributed by atoms with Crippen LogP contribution < -0.4 is 15.5 Å². The van der Waals surface area contributed by atoms with Crippen LogP contribution in [0.5, 0.6) is 0 Å². The second kappa shape index (κ2) is 16.4. The van der Waals surface area contributed by atoms with Crippen molar-refractivity contribution in [2.75, 3.05) is 36.4 Å². The Bertz CT molecular complexity index is 2130. The average molecular weight is 815 g/mol. The monoisotopic (exact) mass is 814 g/mol. The molecule has 1 saturated carbocycles. The fourth-order valence-electron chi connectivity index (χ4n) is 9.57. The highest BCUT2D eigenvalue weighted by Gasteiger charge is 2.52. The van der Waals surface area contributed by atoms with Gasteiger partial charge in [0.2, 0.25) is 17.7 Å². The molecule has 5 heterocycles. The van der Waals surface area contributed by atoms with Crippen molar-refractivity contribution in [1.82, 2.24) is 34.8 Å². The van der Waals surface area contributed by atoms with Gasteiger partial charge >= 0.3 is 0 Å². The molecule has 3 aromatic rings. The smallest absolute Gasteiger partial charge is 0.258 e. The normalized spacial score (nSPS) is 25.9. The van der Waals surface area contributed by atoms with Crippen molar-refractivity contribution >= 4 is 74.8 Å². The number of nitrogens with zero attached hydrogens (tertiary/aromatic N) is 8. The summed E-state index contributed by atoms with van der Waals surface area (Å²) in [4.78, 5) is 64.0. The number of fused-ring (bicyclic) bond motifs is 1. The number of hydrogen-bond acceptors (Lipinski definition) is 10. The lowest BCUT2D eigenvalue weighted by molar-refractivity contribution is -0.134. The summed E-state index contributed by atoms with van der Waals surface area (Å²) in [5.41, 5.74) is 1.80. The van der Waals surface area contributed by atoms with E-state index < -0.39 is 11.5 Å². The van der Waals surface area contributed by atoms with Crippen LogP contribution in [0.4, 0.5) is 11.4 Å². The van der Waals surface area contributed by atoms with Crippen molar-refractivity contribution in [3.8, 4) is 6.07 Å². The maximum absolute atomic E-state index is 13.6. The van der Waals surface area contributed by atoms with E-state index in [-0.39, 0.29) is 65.4 Å². The van der Waals surface area contributed by atoms with Crippen LogP contribution in [0.3, 0.4) is 0 Å². The summed E-state index contributed by atoms with van der Waals surface area (Å²) in [7, 11) is 1.80. The minimum Gasteiger partial charge on any atom is -0.331 e. The number of carbonyl (C=O) groups excluding carboxylic acids is 4. The van der Waals surface area contributed by atoms with Gasteiger partial charge in [-0.05, 0) is 109 Å². The number of amides is 4. The van der Waals surface area contributed by atoms with Gasteiger partial charge in [0.05, 0.1) is 46.3 Å². The summed E-state index contributed by atoms with van der Waals surface area (Å²) in [5, 5.41) is 20.9. The topological polar surface area (TPSA) is 160 Å². The number of benzene rings is 1. The van der Waals surface area contributed by atoms with Crippen LogP contribution in [0.15, 0.2) is 30.5 Å². The second-order valence-electron chi connectivity index (χ2n) is 16.7. The Morgan fingerprint density at radius 3 is 2.49 bits per heavy atom. The van der Waals surface area contributed by atoms with Crippen molar-refractivity contribution < 1.29 is 19.2 Å². The third-order valence-corrected chi connectivity index (χ3v) is 13.1. The number of halogens is 1. The van der Waals surface area contributed by atoms with Crippen LogP contribution >= 0.6 is 23.8 Å². The predicted molar refractivity (Wildman–Crippen MR) is 221 cm³/mol. The Kier molecular flexibility index (Phi) is 11.7. The first-order valence-corrected chi connectivity index (χ1v) is 20.8. The molecule has 3 aliphatic heterocycles. The zero-order chi connectivity index (χ0) is 40.8. The molecule has 7 rings (SSSR count).